The topological polar surface area (TPSA) is 46.0 Å². The van der Waals surface area contributed by atoms with Crippen molar-refractivity contribution < 1.29 is 0 Å². The molecule has 5 nitrogen and oxygen atoms in total. The molecule has 24 heavy (non-hydrogen) atoms. The molecule has 2 aliphatic rings. The number of thiazole rings is 1. The molecule has 1 fully saturated rings. The van der Waals surface area contributed by atoms with E-state index < -0.39 is 0 Å². The third-order valence-electron chi connectivity index (χ3n) is 5.21. The fourth-order valence-electron chi connectivity index (χ4n) is 3.98. The van der Waals surface area contributed by atoms with Gasteiger partial charge >= 0.3 is 0 Å². The summed E-state index contributed by atoms with van der Waals surface area (Å²) >= 11 is 1.93. The lowest BCUT2D eigenvalue weighted by Crippen LogP contribution is -2.47. The molecule has 0 spiro atoms. The number of aromatic nitrogens is 3. The van der Waals surface area contributed by atoms with E-state index in [0.717, 1.165) is 25.9 Å². The Labute approximate surface area is 148 Å². The van der Waals surface area contributed by atoms with Gasteiger partial charge in [0.1, 0.15) is 0 Å². The van der Waals surface area contributed by atoms with Crippen LogP contribution in [0.2, 0.25) is 0 Å². The number of nitrogens with zero attached hydrogens (tertiary/aromatic N) is 4. The first-order valence-electron chi connectivity index (χ1n) is 9.21. The van der Waals surface area contributed by atoms with Crippen molar-refractivity contribution in [2.75, 3.05) is 18.0 Å². The second-order valence-corrected chi connectivity index (χ2v) is 8.16. The number of hydrogen-bond donors (Lipinski definition) is 1. The highest BCUT2D eigenvalue weighted by atomic mass is 32.1. The fraction of sp³-hybridized carbons (Fsp3) is 0.667. The zero-order chi connectivity index (χ0) is 16.5. The minimum absolute atomic E-state index is 0.505. The van der Waals surface area contributed by atoms with Crippen LogP contribution in [0, 0.1) is 0 Å². The molecule has 3 heterocycles. The molecule has 0 radical (unpaired) electrons. The highest BCUT2D eigenvalue weighted by Crippen LogP contribution is 2.35. The molecule has 0 bridgehead atoms. The zero-order valence-electron chi connectivity index (χ0n) is 14.7. The summed E-state index contributed by atoms with van der Waals surface area (Å²) in [6, 6.07) is 1.06. The van der Waals surface area contributed by atoms with E-state index in [1.54, 1.807) is 0 Å². The number of anilines is 1. The smallest absolute Gasteiger partial charge is 0.0928 e. The standard InChI is InChI=1S/C18H27N5S/c1-3-17-21-16-8-4-7-15(18(16)24-17)20-13-6-5-9-23(11-13)14-10-19-22(2)12-14/h10,12-13,15,20H,3-9,11H2,1-2H3/t13-,15+/m0/s1. The van der Waals surface area contributed by atoms with Crippen molar-refractivity contribution in [2.24, 2.45) is 7.05 Å². The molecule has 1 aliphatic heterocycles. The van der Waals surface area contributed by atoms with Crippen molar-refractivity contribution in [1.29, 1.82) is 0 Å². The molecule has 0 amide bonds. The van der Waals surface area contributed by atoms with Gasteiger partial charge in [-0.15, -0.1) is 11.3 Å². The van der Waals surface area contributed by atoms with Crippen LogP contribution >= 0.6 is 11.3 Å². The van der Waals surface area contributed by atoms with E-state index in [4.69, 9.17) is 4.98 Å². The highest BCUT2D eigenvalue weighted by molar-refractivity contribution is 7.11. The zero-order valence-corrected chi connectivity index (χ0v) is 15.5. The lowest BCUT2D eigenvalue weighted by Gasteiger charge is -2.36. The number of fused-ring (bicyclic) bond motifs is 1. The number of hydrogen-bond acceptors (Lipinski definition) is 5. The van der Waals surface area contributed by atoms with E-state index in [1.807, 2.05) is 29.3 Å². The molecule has 2 atom stereocenters. The summed E-state index contributed by atoms with van der Waals surface area (Å²) in [5.74, 6) is 0. The van der Waals surface area contributed by atoms with Crippen LogP contribution in [0.4, 0.5) is 5.69 Å². The summed E-state index contributed by atoms with van der Waals surface area (Å²) in [6.07, 6.45) is 11.4. The third-order valence-corrected chi connectivity index (χ3v) is 6.57. The van der Waals surface area contributed by atoms with Gasteiger partial charge in [-0.25, -0.2) is 4.98 Å². The number of rotatable bonds is 4. The summed E-state index contributed by atoms with van der Waals surface area (Å²) < 4.78 is 1.89. The predicted molar refractivity (Wildman–Crippen MR) is 98.7 cm³/mol. The summed E-state index contributed by atoms with van der Waals surface area (Å²) in [5, 5.41) is 9.58. The Kier molecular flexibility index (Phi) is 4.59. The molecule has 1 aliphatic carbocycles. The van der Waals surface area contributed by atoms with Crippen LogP contribution in [0.3, 0.4) is 0 Å². The molecule has 4 rings (SSSR count). The lowest BCUT2D eigenvalue weighted by atomic mass is 9.96. The number of piperidine rings is 1. The maximum Gasteiger partial charge on any atom is 0.0928 e. The summed E-state index contributed by atoms with van der Waals surface area (Å²) in [7, 11) is 1.99. The third kappa shape index (κ3) is 3.22. The summed E-state index contributed by atoms with van der Waals surface area (Å²) in [5.41, 5.74) is 2.61. The number of nitrogens with one attached hydrogen (secondary N) is 1. The van der Waals surface area contributed by atoms with Crippen LogP contribution in [-0.4, -0.2) is 33.9 Å². The van der Waals surface area contributed by atoms with E-state index in [0.29, 0.717) is 12.1 Å². The van der Waals surface area contributed by atoms with E-state index in [-0.39, 0.29) is 0 Å². The van der Waals surface area contributed by atoms with Crippen molar-refractivity contribution in [3.63, 3.8) is 0 Å². The Balaban J connectivity index is 1.45. The molecule has 2 aromatic heterocycles. The van der Waals surface area contributed by atoms with Gasteiger partial charge in [-0.2, -0.15) is 5.10 Å². The van der Waals surface area contributed by atoms with Gasteiger partial charge in [-0.05, 0) is 38.5 Å². The maximum atomic E-state index is 4.83. The van der Waals surface area contributed by atoms with Crippen LogP contribution in [0.15, 0.2) is 12.4 Å². The van der Waals surface area contributed by atoms with Crippen molar-refractivity contribution in [3.05, 3.63) is 28.0 Å². The van der Waals surface area contributed by atoms with E-state index >= 15 is 0 Å². The van der Waals surface area contributed by atoms with Crippen molar-refractivity contribution in [3.8, 4) is 0 Å². The van der Waals surface area contributed by atoms with Crippen LogP contribution < -0.4 is 10.2 Å². The van der Waals surface area contributed by atoms with Gasteiger partial charge in [0.2, 0.25) is 0 Å². The van der Waals surface area contributed by atoms with E-state index in [9.17, 15) is 0 Å². The van der Waals surface area contributed by atoms with E-state index in [2.05, 4.69) is 28.4 Å². The Morgan fingerprint density at radius 3 is 3.04 bits per heavy atom. The average molecular weight is 346 g/mol. The van der Waals surface area contributed by atoms with Crippen LogP contribution in [-0.2, 0) is 19.9 Å². The second-order valence-electron chi connectivity index (χ2n) is 7.04. The molecular weight excluding hydrogens is 318 g/mol. The molecule has 1 N–H and O–H groups in total. The SMILES string of the molecule is CCc1nc2c(s1)[C@H](N[C@H]1CCCN(c3cnn(C)c3)C1)CCC2. The Morgan fingerprint density at radius 2 is 2.25 bits per heavy atom. The minimum Gasteiger partial charge on any atom is -0.367 e. The molecule has 2 aromatic rings. The van der Waals surface area contributed by atoms with Gasteiger partial charge in [0.15, 0.2) is 0 Å². The van der Waals surface area contributed by atoms with Crippen LogP contribution in [0.25, 0.3) is 0 Å². The average Bonchev–Trinajstić information content (AvgIpc) is 3.21. The lowest BCUT2D eigenvalue weighted by molar-refractivity contribution is 0.355. The number of aryl methyl sites for hydroxylation is 3. The monoisotopic (exact) mass is 345 g/mol. The molecule has 130 valence electrons. The van der Waals surface area contributed by atoms with Gasteiger partial charge in [-0.3, -0.25) is 4.68 Å². The predicted octanol–water partition coefficient (Wildman–Crippen LogP) is 3.08. The summed E-state index contributed by atoms with van der Waals surface area (Å²) in [4.78, 5) is 8.82. The quantitative estimate of drug-likeness (QED) is 0.925. The molecular formula is C18H27N5S. The molecule has 0 aromatic carbocycles. The highest BCUT2D eigenvalue weighted by Gasteiger charge is 2.28. The maximum absolute atomic E-state index is 4.83. The largest absolute Gasteiger partial charge is 0.367 e. The summed E-state index contributed by atoms with van der Waals surface area (Å²) in [6.45, 7) is 4.43. The van der Waals surface area contributed by atoms with Crippen molar-refractivity contribution >= 4 is 17.0 Å². The normalized spacial score (nSPS) is 24.2. The Morgan fingerprint density at radius 1 is 1.33 bits per heavy atom. The van der Waals surface area contributed by atoms with Crippen molar-refractivity contribution in [1.82, 2.24) is 20.1 Å². The fourth-order valence-corrected chi connectivity index (χ4v) is 5.13. The van der Waals surface area contributed by atoms with Gasteiger partial charge in [0.05, 0.1) is 22.6 Å². The molecule has 0 unspecified atom stereocenters. The van der Waals surface area contributed by atoms with Crippen LogP contribution in [0.1, 0.15) is 54.2 Å². The van der Waals surface area contributed by atoms with Gasteiger partial charge in [-0.1, -0.05) is 6.92 Å². The first kappa shape index (κ1) is 16.1. The molecule has 6 heteroatoms. The Hall–Kier alpha value is -1.40. The van der Waals surface area contributed by atoms with Crippen LogP contribution in [0.5, 0.6) is 0 Å². The molecule has 1 saturated heterocycles. The first-order chi connectivity index (χ1) is 11.7. The first-order valence-corrected chi connectivity index (χ1v) is 10.0. The Bertz CT molecular complexity index is 691. The van der Waals surface area contributed by atoms with Gasteiger partial charge in [0.25, 0.3) is 0 Å². The van der Waals surface area contributed by atoms with Crippen molar-refractivity contribution in [2.45, 2.75) is 57.5 Å². The van der Waals surface area contributed by atoms with Gasteiger partial charge < -0.3 is 10.2 Å². The minimum atomic E-state index is 0.505. The molecule has 0 saturated carbocycles. The van der Waals surface area contributed by atoms with E-state index in [1.165, 1.54) is 46.9 Å². The second kappa shape index (κ2) is 6.84. The van der Waals surface area contributed by atoms with Gasteiger partial charge in [0, 0.05) is 43.3 Å².